The highest BCUT2D eigenvalue weighted by Gasteiger charge is 2.46. The average Bonchev–Trinajstić information content (AvgIpc) is 2.85. The van der Waals surface area contributed by atoms with Gasteiger partial charge in [-0.05, 0) is 19.4 Å². The van der Waals surface area contributed by atoms with Crippen LogP contribution in [0.15, 0.2) is 55.6 Å². The summed E-state index contributed by atoms with van der Waals surface area (Å²) in [5.41, 5.74) is 0.899. The summed E-state index contributed by atoms with van der Waals surface area (Å²) < 4.78 is 11.5. The number of rotatable bonds is 7. The number of ether oxygens (including phenoxy) is 2. The SMILES string of the molecule is C=C[C@H](c1ccccc1)N(O)[C@@H](C=C)[C@@H]1OC(C)(C)O[C@@H]1CO. The Balaban J connectivity index is 2.25. The van der Waals surface area contributed by atoms with E-state index < -0.39 is 30.1 Å². The lowest BCUT2D eigenvalue weighted by Gasteiger charge is -2.34. The third-order valence-electron chi connectivity index (χ3n) is 3.93. The van der Waals surface area contributed by atoms with Crippen molar-refractivity contribution in [2.24, 2.45) is 0 Å². The Hall–Kier alpha value is -1.50. The minimum absolute atomic E-state index is 0.198. The van der Waals surface area contributed by atoms with E-state index in [1.807, 2.05) is 30.3 Å². The maximum absolute atomic E-state index is 10.7. The summed E-state index contributed by atoms with van der Waals surface area (Å²) in [6, 6.07) is 8.55. The zero-order chi connectivity index (χ0) is 17.0. The van der Waals surface area contributed by atoms with Gasteiger partial charge >= 0.3 is 0 Å². The largest absolute Gasteiger partial charge is 0.394 e. The zero-order valence-corrected chi connectivity index (χ0v) is 13.6. The molecule has 4 atom stereocenters. The Morgan fingerprint density at radius 3 is 2.39 bits per heavy atom. The van der Waals surface area contributed by atoms with Crippen LogP contribution < -0.4 is 0 Å². The molecule has 0 aliphatic carbocycles. The molecular weight excluding hydrogens is 294 g/mol. The van der Waals surface area contributed by atoms with Crippen LogP contribution in [0.2, 0.25) is 0 Å². The molecule has 0 unspecified atom stereocenters. The lowest BCUT2D eigenvalue weighted by Crippen LogP contribution is -2.47. The predicted octanol–water partition coefficient (Wildman–Crippen LogP) is 2.67. The second kappa shape index (κ2) is 7.38. The van der Waals surface area contributed by atoms with E-state index >= 15 is 0 Å². The van der Waals surface area contributed by atoms with Gasteiger partial charge in [0.05, 0.1) is 18.7 Å². The third kappa shape index (κ3) is 3.88. The van der Waals surface area contributed by atoms with Crippen LogP contribution in [0.3, 0.4) is 0 Å². The molecule has 1 aliphatic heterocycles. The summed E-state index contributed by atoms with van der Waals surface area (Å²) in [5, 5.41) is 21.4. The molecule has 5 heteroatoms. The third-order valence-corrected chi connectivity index (χ3v) is 3.93. The second-order valence-electron chi connectivity index (χ2n) is 6.02. The fourth-order valence-corrected chi connectivity index (χ4v) is 2.92. The molecule has 2 N–H and O–H groups in total. The van der Waals surface area contributed by atoms with Gasteiger partial charge in [-0.1, -0.05) is 42.5 Å². The van der Waals surface area contributed by atoms with Gasteiger partial charge in [-0.2, -0.15) is 5.06 Å². The smallest absolute Gasteiger partial charge is 0.163 e. The molecule has 126 valence electrons. The quantitative estimate of drug-likeness (QED) is 0.598. The van der Waals surface area contributed by atoms with E-state index in [0.717, 1.165) is 10.6 Å². The van der Waals surface area contributed by atoms with Crippen LogP contribution in [-0.4, -0.2) is 46.0 Å². The molecule has 0 amide bonds. The first-order chi connectivity index (χ1) is 10.9. The molecule has 1 heterocycles. The summed E-state index contributed by atoms with van der Waals surface area (Å²) in [7, 11) is 0. The maximum Gasteiger partial charge on any atom is 0.163 e. The topological polar surface area (TPSA) is 62.2 Å². The Bertz CT molecular complexity index is 531. The van der Waals surface area contributed by atoms with Gasteiger partial charge in [0.15, 0.2) is 5.79 Å². The van der Waals surface area contributed by atoms with Crippen molar-refractivity contribution in [2.45, 2.75) is 43.9 Å². The van der Waals surface area contributed by atoms with Crippen molar-refractivity contribution in [1.82, 2.24) is 5.06 Å². The minimum atomic E-state index is -0.823. The number of nitrogens with zero attached hydrogens (tertiary/aromatic N) is 1. The van der Waals surface area contributed by atoms with E-state index in [-0.39, 0.29) is 6.61 Å². The first kappa shape index (κ1) is 17.8. The highest BCUT2D eigenvalue weighted by molar-refractivity contribution is 5.23. The average molecular weight is 319 g/mol. The maximum atomic E-state index is 10.7. The Kier molecular flexibility index (Phi) is 5.73. The molecule has 0 saturated carbocycles. The van der Waals surface area contributed by atoms with Crippen molar-refractivity contribution in [3.05, 3.63) is 61.2 Å². The fraction of sp³-hybridized carbons (Fsp3) is 0.444. The van der Waals surface area contributed by atoms with E-state index in [2.05, 4.69) is 13.2 Å². The molecule has 1 aromatic rings. The Morgan fingerprint density at radius 2 is 1.87 bits per heavy atom. The van der Waals surface area contributed by atoms with Crippen molar-refractivity contribution in [2.75, 3.05) is 6.61 Å². The van der Waals surface area contributed by atoms with Gasteiger partial charge in [0.25, 0.3) is 0 Å². The summed E-state index contributed by atoms with van der Waals surface area (Å²) in [6.45, 7) is 11.0. The van der Waals surface area contributed by atoms with Crippen LogP contribution in [-0.2, 0) is 9.47 Å². The first-order valence-corrected chi connectivity index (χ1v) is 7.67. The normalized spacial score (nSPS) is 26.0. The number of aliphatic hydroxyl groups excluding tert-OH is 1. The van der Waals surface area contributed by atoms with E-state index in [4.69, 9.17) is 9.47 Å². The summed E-state index contributed by atoms with van der Waals surface area (Å²) in [6.07, 6.45) is 2.17. The van der Waals surface area contributed by atoms with Crippen molar-refractivity contribution in [3.63, 3.8) is 0 Å². The highest BCUT2D eigenvalue weighted by Crippen LogP contribution is 2.34. The molecule has 0 aromatic heterocycles. The van der Waals surface area contributed by atoms with Gasteiger partial charge in [0.2, 0.25) is 0 Å². The van der Waals surface area contributed by atoms with Crippen LogP contribution >= 0.6 is 0 Å². The molecule has 0 spiro atoms. The van der Waals surface area contributed by atoms with E-state index in [0.29, 0.717) is 0 Å². The Labute approximate surface area is 137 Å². The molecule has 0 bridgehead atoms. The minimum Gasteiger partial charge on any atom is -0.394 e. The molecule has 1 aromatic carbocycles. The molecule has 0 radical (unpaired) electrons. The summed E-state index contributed by atoms with van der Waals surface area (Å²) >= 11 is 0. The second-order valence-corrected chi connectivity index (χ2v) is 6.02. The number of hydroxylamine groups is 2. The standard InChI is InChI=1S/C18H25NO4/c1-5-14(13-10-8-7-9-11-13)19(21)15(6-2)17-16(12-20)22-18(3,4)23-17/h5-11,14-17,20-21H,1-2,12H2,3-4H3/t14-,15+,16-,17+/m1/s1. The highest BCUT2D eigenvalue weighted by atomic mass is 16.8. The van der Waals surface area contributed by atoms with Gasteiger partial charge < -0.3 is 19.8 Å². The van der Waals surface area contributed by atoms with E-state index in [1.54, 1.807) is 26.0 Å². The van der Waals surface area contributed by atoms with Crippen LogP contribution in [0.1, 0.15) is 25.5 Å². The lowest BCUT2D eigenvalue weighted by molar-refractivity contribution is -0.185. The summed E-state index contributed by atoms with van der Waals surface area (Å²) in [4.78, 5) is 0. The predicted molar refractivity (Wildman–Crippen MR) is 87.9 cm³/mol. The molecule has 1 aliphatic rings. The molecule has 23 heavy (non-hydrogen) atoms. The van der Waals surface area contributed by atoms with Crippen LogP contribution in [0.5, 0.6) is 0 Å². The molecule has 5 nitrogen and oxygen atoms in total. The van der Waals surface area contributed by atoms with Crippen molar-refractivity contribution >= 4 is 0 Å². The van der Waals surface area contributed by atoms with Gasteiger partial charge in [-0.25, -0.2) is 0 Å². The van der Waals surface area contributed by atoms with Crippen molar-refractivity contribution < 1.29 is 19.8 Å². The first-order valence-electron chi connectivity index (χ1n) is 7.67. The molecular formula is C18H25NO4. The van der Waals surface area contributed by atoms with Gasteiger partial charge in [0.1, 0.15) is 12.2 Å². The summed E-state index contributed by atoms with van der Waals surface area (Å²) in [5.74, 6) is -0.823. The molecule has 2 rings (SSSR count). The molecule has 1 saturated heterocycles. The van der Waals surface area contributed by atoms with E-state index in [9.17, 15) is 10.3 Å². The number of aliphatic hydroxyl groups is 1. The fourth-order valence-electron chi connectivity index (χ4n) is 2.92. The number of hydrogen-bond donors (Lipinski definition) is 2. The molecule has 1 fully saturated rings. The lowest BCUT2D eigenvalue weighted by atomic mass is 10.0. The zero-order valence-electron chi connectivity index (χ0n) is 13.6. The van der Waals surface area contributed by atoms with Crippen LogP contribution in [0.4, 0.5) is 0 Å². The van der Waals surface area contributed by atoms with E-state index in [1.165, 1.54) is 0 Å². The monoisotopic (exact) mass is 319 g/mol. The Morgan fingerprint density at radius 1 is 1.22 bits per heavy atom. The van der Waals surface area contributed by atoms with Crippen molar-refractivity contribution in [1.29, 1.82) is 0 Å². The number of hydrogen-bond acceptors (Lipinski definition) is 5. The van der Waals surface area contributed by atoms with Gasteiger partial charge in [0, 0.05) is 0 Å². The van der Waals surface area contributed by atoms with Crippen molar-refractivity contribution in [3.8, 4) is 0 Å². The van der Waals surface area contributed by atoms with Gasteiger partial charge in [-0.15, -0.1) is 13.2 Å². The van der Waals surface area contributed by atoms with Crippen LogP contribution in [0, 0.1) is 0 Å². The number of benzene rings is 1. The van der Waals surface area contributed by atoms with Crippen LogP contribution in [0.25, 0.3) is 0 Å². The van der Waals surface area contributed by atoms with Gasteiger partial charge in [-0.3, -0.25) is 0 Å².